The molecule has 0 aromatic heterocycles. The van der Waals surface area contributed by atoms with Crippen molar-refractivity contribution in [3.8, 4) is 39.5 Å². The van der Waals surface area contributed by atoms with Gasteiger partial charge in [0.1, 0.15) is 23.4 Å². The van der Waals surface area contributed by atoms with Crippen LogP contribution in [0.4, 0.5) is 14.5 Å². The summed E-state index contributed by atoms with van der Waals surface area (Å²) in [6, 6.07) is 27.1. The van der Waals surface area contributed by atoms with E-state index in [9.17, 15) is 8.78 Å². The fraction of sp³-hybridized carbons (Fsp3) is 0.226. The van der Waals surface area contributed by atoms with E-state index in [0.717, 1.165) is 46.0 Å². The van der Waals surface area contributed by atoms with E-state index < -0.39 is 12.7 Å². The van der Waals surface area contributed by atoms with E-state index in [1.165, 1.54) is 12.8 Å². The summed E-state index contributed by atoms with van der Waals surface area (Å²) in [5, 5.41) is 3.61. The van der Waals surface area contributed by atoms with E-state index in [-0.39, 0.29) is 5.75 Å². The van der Waals surface area contributed by atoms with Gasteiger partial charge in [0, 0.05) is 28.9 Å². The van der Waals surface area contributed by atoms with Gasteiger partial charge in [0.05, 0.1) is 12.7 Å². The summed E-state index contributed by atoms with van der Waals surface area (Å²) in [7, 11) is 1.63. The first-order valence-electron chi connectivity index (χ1n) is 12.5. The monoisotopic (exact) mass is 499 g/mol. The highest BCUT2D eigenvalue weighted by molar-refractivity contribution is 5.86. The topological polar surface area (TPSA) is 39.7 Å². The van der Waals surface area contributed by atoms with Crippen molar-refractivity contribution in [3.05, 3.63) is 96.1 Å². The second-order valence-electron chi connectivity index (χ2n) is 9.45. The normalized spacial score (nSPS) is 15.9. The molecule has 0 bridgehead atoms. The first-order valence-corrected chi connectivity index (χ1v) is 12.5. The number of ether oxygens (including phenoxy) is 3. The number of hydrogen-bond donors (Lipinski definition) is 1. The Hall–Kier alpha value is -4.06. The standard InChI is InChI=1S/C31H27F2NO3/c1-35-22-7-4-6-21(16-22)30-25-17-20(23-8-2-3-9-26(23)34-18-19-12-13-19)14-15-24(25)29-27(36-30)10-5-11-28(29)37-31(32)33/h2-11,14-17,19,30-31,34H,12-13,18H2,1H3. The second-order valence-corrected chi connectivity index (χ2v) is 9.45. The molecule has 1 atom stereocenters. The van der Waals surface area contributed by atoms with E-state index in [2.05, 4.69) is 23.5 Å². The van der Waals surface area contributed by atoms with E-state index in [4.69, 9.17) is 14.2 Å². The molecule has 1 saturated carbocycles. The molecule has 6 heteroatoms. The van der Waals surface area contributed by atoms with Crippen LogP contribution in [0.3, 0.4) is 0 Å². The van der Waals surface area contributed by atoms with E-state index in [1.807, 2.05) is 48.5 Å². The average Bonchev–Trinajstić information content (AvgIpc) is 3.76. The number of hydrogen-bond acceptors (Lipinski definition) is 4. The molecule has 6 rings (SSSR count). The van der Waals surface area contributed by atoms with Crippen molar-refractivity contribution in [2.45, 2.75) is 25.6 Å². The lowest BCUT2D eigenvalue weighted by atomic mass is 9.86. The highest BCUT2D eigenvalue weighted by Crippen LogP contribution is 2.50. The zero-order valence-electron chi connectivity index (χ0n) is 20.4. The smallest absolute Gasteiger partial charge is 0.387 e. The van der Waals surface area contributed by atoms with Crippen LogP contribution in [0, 0.1) is 5.92 Å². The van der Waals surface area contributed by atoms with Crippen molar-refractivity contribution in [1.29, 1.82) is 0 Å². The summed E-state index contributed by atoms with van der Waals surface area (Å²) in [4.78, 5) is 0. The molecule has 0 radical (unpaired) electrons. The third-order valence-corrected chi connectivity index (χ3v) is 6.96. The maximum absolute atomic E-state index is 13.3. The van der Waals surface area contributed by atoms with Crippen molar-refractivity contribution >= 4 is 5.69 Å². The van der Waals surface area contributed by atoms with Gasteiger partial charge in [-0.2, -0.15) is 8.78 Å². The van der Waals surface area contributed by atoms with Crippen LogP contribution in [0.25, 0.3) is 22.3 Å². The maximum atomic E-state index is 13.3. The SMILES string of the molecule is COc1cccc(C2Oc3cccc(OC(F)F)c3-c3ccc(-c4ccccc4NCC4CC4)cc32)c1. The van der Waals surface area contributed by atoms with Crippen LogP contribution in [-0.2, 0) is 0 Å². The number of nitrogens with one attached hydrogen (secondary N) is 1. The molecule has 1 fully saturated rings. The van der Waals surface area contributed by atoms with Gasteiger partial charge in [-0.25, -0.2) is 0 Å². The third-order valence-electron chi connectivity index (χ3n) is 6.96. The van der Waals surface area contributed by atoms with Crippen LogP contribution in [0.1, 0.15) is 30.1 Å². The molecule has 0 spiro atoms. The van der Waals surface area contributed by atoms with Crippen LogP contribution in [0.5, 0.6) is 17.2 Å². The zero-order chi connectivity index (χ0) is 25.4. The Morgan fingerprint density at radius 1 is 0.919 bits per heavy atom. The molecule has 1 aliphatic heterocycles. The molecule has 1 heterocycles. The summed E-state index contributed by atoms with van der Waals surface area (Å²) in [5.41, 5.74) is 6.29. The lowest BCUT2D eigenvalue weighted by molar-refractivity contribution is -0.0496. The zero-order valence-corrected chi connectivity index (χ0v) is 20.4. The molecular weight excluding hydrogens is 472 g/mol. The predicted octanol–water partition coefficient (Wildman–Crippen LogP) is 7.93. The number of anilines is 1. The molecule has 37 heavy (non-hydrogen) atoms. The van der Waals surface area contributed by atoms with Gasteiger partial charge in [-0.05, 0) is 66.3 Å². The minimum Gasteiger partial charge on any atom is -0.497 e. The number of rotatable bonds is 8. The third kappa shape index (κ3) is 4.71. The van der Waals surface area contributed by atoms with Gasteiger partial charge in [0.2, 0.25) is 0 Å². The number of para-hydroxylation sites is 1. The van der Waals surface area contributed by atoms with Crippen LogP contribution < -0.4 is 19.5 Å². The Morgan fingerprint density at radius 3 is 2.57 bits per heavy atom. The molecule has 1 unspecified atom stereocenters. The van der Waals surface area contributed by atoms with Crippen LogP contribution in [0.15, 0.2) is 84.9 Å². The molecule has 1 aliphatic carbocycles. The van der Waals surface area contributed by atoms with E-state index in [1.54, 1.807) is 25.3 Å². The lowest BCUT2D eigenvalue weighted by Crippen LogP contribution is -2.17. The maximum Gasteiger partial charge on any atom is 0.387 e. The van der Waals surface area contributed by atoms with E-state index in [0.29, 0.717) is 17.1 Å². The largest absolute Gasteiger partial charge is 0.497 e. The summed E-state index contributed by atoms with van der Waals surface area (Å²) in [6.45, 7) is -1.98. The molecule has 0 amide bonds. The Labute approximate surface area is 214 Å². The summed E-state index contributed by atoms with van der Waals surface area (Å²) >= 11 is 0. The number of halogens is 2. The molecule has 4 aromatic carbocycles. The highest BCUT2D eigenvalue weighted by Gasteiger charge is 2.31. The minimum atomic E-state index is -2.94. The summed E-state index contributed by atoms with van der Waals surface area (Å²) in [6.07, 6.45) is 2.09. The molecule has 188 valence electrons. The van der Waals surface area contributed by atoms with Gasteiger partial charge in [-0.3, -0.25) is 0 Å². The Kier molecular flexibility index (Phi) is 6.16. The van der Waals surface area contributed by atoms with Gasteiger partial charge >= 0.3 is 6.61 Å². The van der Waals surface area contributed by atoms with Gasteiger partial charge in [-0.15, -0.1) is 0 Å². The molecule has 2 aliphatic rings. The fourth-order valence-corrected chi connectivity index (χ4v) is 4.95. The Morgan fingerprint density at radius 2 is 1.76 bits per heavy atom. The quantitative estimate of drug-likeness (QED) is 0.267. The molecule has 4 aromatic rings. The summed E-state index contributed by atoms with van der Waals surface area (Å²) in [5.74, 6) is 2.05. The van der Waals surface area contributed by atoms with Crippen LogP contribution in [-0.4, -0.2) is 20.3 Å². The lowest BCUT2D eigenvalue weighted by Gasteiger charge is -2.31. The number of alkyl halides is 2. The van der Waals surface area contributed by atoms with Crippen molar-refractivity contribution in [3.63, 3.8) is 0 Å². The van der Waals surface area contributed by atoms with E-state index >= 15 is 0 Å². The summed E-state index contributed by atoms with van der Waals surface area (Å²) < 4.78 is 43.4. The molecular formula is C31H27F2NO3. The highest BCUT2D eigenvalue weighted by atomic mass is 19.3. The Balaban J connectivity index is 1.49. The molecule has 4 nitrogen and oxygen atoms in total. The number of fused-ring (bicyclic) bond motifs is 3. The molecule has 0 saturated heterocycles. The number of methoxy groups -OCH3 is 1. The predicted molar refractivity (Wildman–Crippen MR) is 141 cm³/mol. The van der Waals surface area contributed by atoms with Gasteiger partial charge in [-0.1, -0.05) is 48.5 Å². The minimum absolute atomic E-state index is 0.0945. The Bertz CT molecular complexity index is 1430. The van der Waals surface area contributed by atoms with Gasteiger partial charge in [0.15, 0.2) is 0 Å². The number of benzene rings is 4. The van der Waals surface area contributed by atoms with Crippen LogP contribution >= 0.6 is 0 Å². The van der Waals surface area contributed by atoms with Crippen LogP contribution in [0.2, 0.25) is 0 Å². The van der Waals surface area contributed by atoms with Crippen molar-refractivity contribution < 1.29 is 23.0 Å². The molecule has 1 N–H and O–H groups in total. The van der Waals surface area contributed by atoms with Crippen molar-refractivity contribution in [2.24, 2.45) is 5.92 Å². The first-order chi connectivity index (χ1) is 18.1. The van der Waals surface area contributed by atoms with Gasteiger partial charge < -0.3 is 19.5 Å². The van der Waals surface area contributed by atoms with Gasteiger partial charge in [0.25, 0.3) is 0 Å². The van der Waals surface area contributed by atoms with Crippen molar-refractivity contribution in [1.82, 2.24) is 0 Å². The average molecular weight is 500 g/mol. The van der Waals surface area contributed by atoms with Crippen molar-refractivity contribution in [2.75, 3.05) is 19.0 Å². The first kappa shape index (κ1) is 23.3. The second kappa shape index (κ2) is 9.77. The fourth-order valence-electron chi connectivity index (χ4n) is 4.95.